The highest BCUT2D eigenvalue weighted by Crippen LogP contribution is 2.12. The molecule has 2 aromatic rings. The van der Waals surface area contributed by atoms with Crippen LogP contribution in [-0.2, 0) is 12.8 Å². The molecule has 0 bridgehead atoms. The smallest absolute Gasteiger partial charge is 0.255 e. The van der Waals surface area contributed by atoms with Crippen molar-refractivity contribution in [3.8, 4) is 0 Å². The van der Waals surface area contributed by atoms with Gasteiger partial charge in [-0.05, 0) is 50.0 Å². The molecule has 5 nitrogen and oxygen atoms in total. The third kappa shape index (κ3) is 5.64. The first-order valence-corrected chi connectivity index (χ1v) is 11.0. The van der Waals surface area contributed by atoms with E-state index in [2.05, 4.69) is 45.1 Å². The van der Waals surface area contributed by atoms with Crippen LogP contribution in [0.25, 0.3) is 0 Å². The lowest BCUT2D eigenvalue weighted by atomic mass is 10.1. The quantitative estimate of drug-likeness (QED) is 0.726. The summed E-state index contributed by atoms with van der Waals surface area (Å²) < 4.78 is 0. The maximum atomic E-state index is 12.8. The van der Waals surface area contributed by atoms with Gasteiger partial charge in [-0.15, -0.1) is 0 Å². The summed E-state index contributed by atoms with van der Waals surface area (Å²) in [7, 11) is 0. The molecule has 4 rings (SSSR count). The van der Waals surface area contributed by atoms with Crippen LogP contribution in [0.15, 0.2) is 48.7 Å². The second-order valence-corrected chi connectivity index (χ2v) is 8.21. The molecule has 5 heteroatoms. The monoisotopic (exact) mass is 392 g/mol. The van der Waals surface area contributed by atoms with E-state index in [0.29, 0.717) is 5.56 Å². The van der Waals surface area contributed by atoms with E-state index in [1.54, 1.807) is 6.20 Å². The Balaban J connectivity index is 1.21. The van der Waals surface area contributed by atoms with Crippen molar-refractivity contribution in [2.45, 2.75) is 25.7 Å². The molecule has 1 aromatic heterocycles. The fourth-order valence-electron chi connectivity index (χ4n) is 4.27. The van der Waals surface area contributed by atoms with Crippen molar-refractivity contribution in [3.63, 3.8) is 0 Å². The van der Waals surface area contributed by atoms with Gasteiger partial charge in [-0.2, -0.15) is 0 Å². The number of rotatable bonds is 7. The molecular weight excluding hydrogens is 360 g/mol. The summed E-state index contributed by atoms with van der Waals surface area (Å²) in [4.78, 5) is 24.3. The van der Waals surface area contributed by atoms with Gasteiger partial charge in [-0.1, -0.05) is 30.3 Å². The Morgan fingerprint density at radius 3 is 2.17 bits per heavy atom. The van der Waals surface area contributed by atoms with Gasteiger partial charge in [0.25, 0.3) is 5.91 Å². The topological polar surface area (TPSA) is 39.7 Å². The number of benzene rings is 1. The van der Waals surface area contributed by atoms with E-state index in [1.807, 2.05) is 17.0 Å². The van der Waals surface area contributed by atoms with Gasteiger partial charge >= 0.3 is 0 Å². The number of amides is 1. The number of likely N-dealkylation sites (tertiary alicyclic amines) is 1. The molecule has 0 unspecified atom stereocenters. The van der Waals surface area contributed by atoms with Crippen molar-refractivity contribution >= 4 is 5.91 Å². The van der Waals surface area contributed by atoms with Crippen molar-refractivity contribution in [2.75, 3.05) is 52.4 Å². The molecule has 1 aromatic carbocycles. The number of nitrogens with zero attached hydrogens (tertiary/aromatic N) is 4. The molecule has 0 aliphatic carbocycles. The molecule has 2 saturated heterocycles. The molecule has 0 saturated carbocycles. The maximum Gasteiger partial charge on any atom is 0.255 e. The average molecular weight is 393 g/mol. The van der Waals surface area contributed by atoms with Crippen molar-refractivity contribution in [2.24, 2.45) is 0 Å². The van der Waals surface area contributed by atoms with Gasteiger partial charge in [0, 0.05) is 57.6 Å². The number of pyridine rings is 1. The van der Waals surface area contributed by atoms with Crippen LogP contribution in [0.2, 0.25) is 0 Å². The Hall–Kier alpha value is -2.24. The Kier molecular flexibility index (Phi) is 6.91. The first-order chi connectivity index (χ1) is 14.3. The number of piperazine rings is 1. The van der Waals surface area contributed by atoms with Crippen LogP contribution in [0.1, 0.15) is 34.5 Å². The average Bonchev–Trinajstić information content (AvgIpc) is 3.31. The summed E-state index contributed by atoms with van der Waals surface area (Å²) in [6, 6.07) is 14.6. The minimum absolute atomic E-state index is 0.117. The van der Waals surface area contributed by atoms with Gasteiger partial charge in [0.2, 0.25) is 0 Å². The molecule has 0 radical (unpaired) electrons. The summed E-state index contributed by atoms with van der Waals surface area (Å²) in [5, 5.41) is 0. The molecule has 2 aliphatic heterocycles. The van der Waals surface area contributed by atoms with E-state index in [4.69, 9.17) is 0 Å². The number of hydrogen-bond acceptors (Lipinski definition) is 4. The van der Waals surface area contributed by atoms with E-state index < -0.39 is 0 Å². The lowest BCUT2D eigenvalue weighted by Crippen LogP contribution is -2.49. The van der Waals surface area contributed by atoms with Gasteiger partial charge < -0.3 is 9.80 Å². The van der Waals surface area contributed by atoms with Gasteiger partial charge in [0.15, 0.2) is 0 Å². The highest BCUT2D eigenvalue weighted by atomic mass is 16.2. The third-order valence-electron chi connectivity index (χ3n) is 6.17. The highest BCUT2D eigenvalue weighted by molar-refractivity contribution is 5.94. The van der Waals surface area contributed by atoms with Crippen LogP contribution in [0.5, 0.6) is 0 Å². The molecule has 2 fully saturated rings. The Labute approximate surface area is 174 Å². The minimum Gasteiger partial charge on any atom is -0.336 e. The zero-order valence-corrected chi connectivity index (χ0v) is 17.3. The standard InChI is InChI=1S/C24H32N4O/c29-24(22-8-9-23(25-20-22)11-15-26-12-4-5-13-26)28-18-16-27(17-19-28)14-10-21-6-2-1-3-7-21/h1-3,6-9,20H,4-5,10-19H2. The summed E-state index contributed by atoms with van der Waals surface area (Å²) in [6.07, 6.45) is 6.44. The van der Waals surface area contributed by atoms with E-state index >= 15 is 0 Å². The molecule has 0 N–H and O–H groups in total. The van der Waals surface area contributed by atoms with Gasteiger partial charge in [0.1, 0.15) is 0 Å². The third-order valence-corrected chi connectivity index (χ3v) is 6.17. The lowest BCUT2D eigenvalue weighted by Gasteiger charge is -2.34. The van der Waals surface area contributed by atoms with Crippen molar-refractivity contribution in [1.29, 1.82) is 0 Å². The van der Waals surface area contributed by atoms with Crippen LogP contribution < -0.4 is 0 Å². The van der Waals surface area contributed by atoms with E-state index in [1.165, 1.54) is 31.5 Å². The van der Waals surface area contributed by atoms with Crippen LogP contribution in [-0.4, -0.2) is 77.9 Å². The van der Waals surface area contributed by atoms with Crippen molar-refractivity contribution < 1.29 is 4.79 Å². The SMILES string of the molecule is O=C(c1ccc(CCN2CCCC2)nc1)N1CCN(CCc2ccccc2)CC1. The number of aromatic nitrogens is 1. The highest BCUT2D eigenvalue weighted by Gasteiger charge is 2.22. The van der Waals surface area contributed by atoms with Crippen molar-refractivity contribution in [1.82, 2.24) is 19.7 Å². The molecule has 154 valence electrons. The fourth-order valence-corrected chi connectivity index (χ4v) is 4.27. The Bertz CT molecular complexity index is 763. The van der Waals surface area contributed by atoms with Gasteiger partial charge in [-0.25, -0.2) is 0 Å². The minimum atomic E-state index is 0.117. The number of hydrogen-bond donors (Lipinski definition) is 0. The van der Waals surface area contributed by atoms with Crippen molar-refractivity contribution in [3.05, 3.63) is 65.5 Å². The molecule has 29 heavy (non-hydrogen) atoms. The summed E-state index contributed by atoms with van der Waals surface area (Å²) in [5.74, 6) is 0.117. The number of carbonyl (C=O) groups is 1. The summed E-state index contributed by atoms with van der Waals surface area (Å²) >= 11 is 0. The molecule has 3 heterocycles. The normalized spacial score (nSPS) is 18.3. The van der Waals surface area contributed by atoms with Crippen LogP contribution in [0, 0.1) is 0 Å². The van der Waals surface area contributed by atoms with Gasteiger partial charge in [-0.3, -0.25) is 14.7 Å². The maximum absolute atomic E-state index is 12.8. The lowest BCUT2D eigenvalue weighted by molar-refractivity contribution is 0.0638. The van der Waals surface area contributed by atoms with E-state index in [0.717, 1.165) is 57.8 Å². The summed E-state index contributed by atoms with van der Waals surface area (Å²) in [6.45, 7) is 8.04. The zero-order valence-electron chi connectivity index (χ0n) is 17.3. The molecule has 2 aliphatic rings. The predicted octanol–water partition coefficient (Wildman–Crippen LogP) is 2.72. The number of carbonyl (C=O) groups excluding carboxylic acids is 1. The van der Waals surface area contributed by atoms with Crippen LogP contribution >= 0.6 is 0 Å². The summed E-state index contributed by atoms with van der Waals surface area (Å²) in [5.41, 5.74) is 3.17. The Morgan fingerprint density at radius 1 is 0.793 bits per heavy atom. The fraction of sp³-hybridized carbons (Fsp3) is 0.500. The van der Waals surface area contributed by atoms with E-state index in [9.17, 15) is 4.79 Å². The predicted molar refractivity (Wildman–Crippen MR) is 116 cm³/mol. The first kappa shape index (κ1) is 20.0. The Morgan fingerprint density at radius 2 is 1.48 bits per heavy atom. The first-order valence-electron chi connectivity index (χ1n) is 11.0. The second kappa shape index (κ2) is 9.99. The van der Waals surface area contributed by atoms with Crippen LogP contribution in [0.3, 0.4) is 0 Å². The van der Waals surface area contributed by atoms with E-state index in [-0.39, 0.29) is 5.91 Å². The molecule has 1 amide bonds. The van der Waals surface area contributed by atoms with Crippen LogP contribution in [0.4, 0.5) is 0 Å². The second-order valence-electron chi connectivity index (χ2n) is 8.21. The molecular formula is C24H32N4O. The largest absolute Gasteiger partial charge is 0.336 e. The van der Waals surface area contributed by atoms with Gasteiger partial charge in [0.05, 0.1) is 5.56 Å². The molecule has 0 atom stereocenters. The zero-order chi connectivity index (χ0) is 19.9. The molecule has 0 spiro atoms.